The van der Waals surface area contributed by atoms with Gasteiger partial charge in [-0.15, -0.1) is 0 Å². The van der Waals surface area contributed by atoms with E-state index in [1.54, 1.807) is 0 Å². The molecular weight excluding hydrogens is 76.9 g/mol. The molecule has 0 aliphatic heterocycles. The van der Waals surface area contributed by atoms with Crippen molar-refractivity contribution < 1.29 is 5.11 Å². The van der Waals surface area contributed by atoms with E-state index in [0.717, 1.165) is 13.0 Å². The van der Waals surface area contributed by atoms with Crippen LogP contribution in [-0.2, 0) is 0 Å². The lowest BCUT2D eigenvalue weighted by Crippen LogP contribution is -2.10. The number of aliphatic hydroxyl groups excluding tert-OH is 1. The summed E-state index contributed by atoms with van der Waals surface area (Å²) in [6.07, 6.45) is 0.858. The third-order valence-electron chi connectivity index (χ3n) is 0.585. The zero-order valence-corrected chi connectivity index (χ0v) is 4.07. The van der Waals surface area contributed by atoms with Gasteiger partial charge in [0.2, 0.25) is 0 Å². The van der Waals surface area contributed by atoms with Gasteiger partial charge >= 0.3 is 0 Å². The summed E-state index contributed by atoms with van der Waals surface area (Å²) in [5.74, 6) is 0. The summed E-state index contributed by atoms with van der Waals surface area (Å²) in [4.78, 5) is 0. The molecule has 3 heteroatoms. The Morgan fingerprint density at radius 1 is 1.67 bits per heavy atom. The maximum atomic E-state index is 8.16. The Morgan fingerprint density at radius 3 is 2.50 bits per heavy atom. The quantitative estimate of drug-likeness (QED) is 0.324. The summed E-state index contributed by atoms with van der Waals surface area (Å²) >= 11 is 0. The predicted octanol–water partition coefficient (Wildman–Crippen LogP) is -1.49. The fourth-order valence-corrected chi connectivity index (χ4v) is 0.256. The van der Waals surface area contributed by atoms with Crippen molar-refractivity contribution in [1.82, 2.24) is 5.23 Å². The van der Waals surface area contributed by atoms with Crippen LogP contribution in [0.5, 0.6) is 0 Å². The second-order valence-corrected chi connectivity index (χ2v) is 1.18. The fraction of sp³-hybridized carbons (Fsp3) is 1.00. The molecule has 0 amide bonds. The van der Waals surface area contributed by atoms with Crippen molar-refractivity contribution in [3.63, 3.8) is 0 Å². The average Bonchev–Trinajstić information content (AvgIpc) is 1.61. The molecule has 2 nitrogen and oxygen atoms in total. The fourth-order valence-electron chi connectivity index (χ4n) is 0.256. The van der Waals surface area contributed by atoms with Crippen LogP contribution < -0.4 is 5.23 Å². The van der Waals surface area contributed by atoms with Gasteiger partial charge in [0.05, 0.1) is 0 Å². The first-order valence-electron chi connectivity index (χ1n) is 2.17. The van der Waals surface area contributed by atoms with Crippen LogP contribution in [0.2, 0.25) is 0 Å². The van der Waals surface area contributed by atoms with Crippen LogP contribution in [0, 0.1) is 0 Å². The monoisotopic (exact) mass is 87.1 g/mol. The van der Waals surface area contributed by atoms with E-state index in [0.29, 0.717) is 6.61 Å². The number of rotatable bonds is 3. The molecule has 36 valence electrons. The molecule has 0 unspecified atom stereocenters. The smallest absolute Gasteiger partial charge is 0.181 e. The highest BCUT2D eigenvalue weighted by atomic mass is 16.2. The van der Waals surface area contributed by atoms with Crippen LogP contribution in [0.4, 0.5) is 0 Å². The van der Waals surface area contributed by atoms with Gasteiger partial charge in [-0.05, 0) is 13.0 Å². The van der Waals surface area contributed by atoms with Crippen molar-refractivity contribution in [2.45, 2.75) is 6.42 Å². The van der Waals surface area contributed by atoms with E-state index in [9.17, 15) is 0 Å². The molecule has 0 rings (SSSR count). The highest BCUT2D eigenvalue weighted by Gasteiger charge is 1.74. The number of aliphatic hydroxyl groups is 1. The van der Waals surface area contributed by atoms with E-state index in [2.05, 4.69) is 5.23 Å². The van der Waals surface area contributed by atoms with Gasteiger partial charge in [-0.2, -0.15) is 0 Å². The first kappa shape index (κ1) is 5.98. The molecule has 0 bridgehead atoms. The normalized spacial score (nSPS) is 8.83. The van der Waals surface area contributed by atoms with E-state index in [4.69, 9.17) is 5.11 Å². The van der Waals surface area contributed by atoms with Crippen molar-refractivity contribution >= 4 is 7.98 Å². The van der Waals surface area contributed by atoms with Crippen LogP contribution in [0.15, 0.2) is 0 Å². The minimum Gasteiger partial charge on any atom is -0.396 e. The van der Waals surface area contributed by atoms with Crippen molar-refractivity contribution in [2.24, 2.45) is 0 Å². The van der Waals surface area contributed by atoms with E-state index in [1.807, 2.05) is 7.98 Å². The lowest BCUT2D eigenvalue weighted by molar-refractivity contribution is 0.289. The number of hydrogen-bond acceptors (Lipinski definition) is 2. The SMILES string of the molecule is BNCCCO. The van der Waals surface area contributed by atoms with Crippen LogP contribution in [0.25, 0.3) is 0 Å². The van der Waals surface area contributed by atoms with Gasteiger partial charge in [-0.25, -0.2) is 0 Å². The van der Waals surface area contributed by atoms with Crippen LogP contribution in [0.1, 0.15) is 6.42 Å². The summed E-state index contributed by atoms with van der Waals surface area (Å²) in [6, 6.07) is 0. The lowest BCUT2D eigenvalue weighted by Gasteiger charge is -1.89. The molecule has 0 spiro atoms. The summed E-state index contributed by atoms with van der Waals surface area (Å²) in [5, 5.41) is 11.1. The van der Waals surface area contributed by atoms with Crippen molar-refractivity contribution in [3.05, 3.63) is 0 Å². The highest BCUT2D eigenvalue weighted by molar-refractivity contribution is 6.04. The molecule has 0 heterocycles. The number of nitrogens with one attached hydrogen (secondary N) is 1. The van der Waals surface area contributed by atoms with Crippen LogP contribution in [0.3, 0.4) is 0 Å². The topological polar surface area (TPSA) is 32.3 Å². The van der Waals surface area contributed by atoms with E-state index in [1.165, 1.54) is 0 Å². The van der Waals surface area contributed by atoms with Crippen molar-refractivity contribution in [3.8, 4) is 0 Å². The maximum absolute atomic E-state index is 8.16. The second-order valence-electron chi connectivity index (χ2n) is 1.18. The largest absolute Gasteiger partial charge is 0.396 e. The molecule has 0 aromatic rings. The van der Waals surface area contributed by atoms with Gasteiger partial charge in [0.1, 0.15) is 0 Å². The number of hydrogen-bond donors (Lipinski definition) is 2. The third-order valence-corrected chi connectivity index (χ3v) is 0.585. The second kappa shape index (κ2) is 4.98. The molecule has 0 atom stereocenters. The zero-order valence-electron chi connectivity index (χ0n) is 4.07. The Morgan fingerprint density at radius 2 is 2.33 bits per heavy atom. The highest BCUT2D eigenvalue weighted by Crippen LogP contribution is 1.65. The van der Waals surface area contributed by atoms with E-state index in [-0.39, 0.29) is 0 Å². The Kier molecular flexibility index (Phi) is 4.97. The Balaban J connectivity index is 2.34. The average molecular weight is 86.9 g/mol. The van der Waals surface area contributed by atoms with Crippen LogP contribution in [-0.4, -0.2) is 26.2 Å². The zero-order chi connectivity index (χ0) is 4.83. The standard InChI is InChI=1S/C3H10BNO/c4-5-2-1-3-6/h5-6H,1-4H2. The summed E-state index contributed by atoms with van der Waals surface area (Å²) < 4.78 is 0. The van der Waals surface area contributed by atoms with Gasteiger partial charge in [0.15, 0.2) is 7.98 Å². The minimum absolute atomic E-state index is 0.292. The molecule has 0 aromatic heterocycles. The molecule has 6 heavy (non-hydrogen) atoms. The maximum Gasteiger partial charge on any atom is 0.181 e. The Hall–Kier alpha value is -0.0151. The van der Waals surface area contributed by atoms with E-state index < -0.39 is 0 Å². The molecule has 0 aromatic carbocycles. The molecule has 0 saturated carbocycles. The van der Waals surface area contributed by atoms with Gasteiger partial charge in [-0.1, -0.05) is 0 Å². The Bertz CT molecular complexity index is 22.8. The van der Waals surface area contributed by atoms with E-state index >= 15 is 0 Å². The first-order valence-corrected chi connectivity index (χ1v) is 2.17. The predicted molar refractivity (Wildman–Crippen MR) is 28.2 cm³/mol. The molecule has 0 aliphatic rings. The third kappa shape index (κ3) is 3.98. The summed E-state index contributed by atoms with van der Waals surface area (Å²) in [5.41, 5.74) is 0. The van der Waals surface area contributed by atoms with Gasteiger partial charge in [0, 0.05) is 6.61 Å². The van der Waals surface area contributed by atoms with Crippen LogP contribution >= 0.6 is 0 Å². The molecule has 0 saturated heterocycles. The first-order chi connectivity index (χ1) is 2.91. The Labute approximate surface area is 39.0 Å². The lowest BCUT2D eigenvalue weighted by atomic mass is 10.3. The minimum atomic E-state index is 0.292. The molecule has 0 aliphatic carbocycles. The van der Waals surface area contributed by atoms with Crippen molar-refractivity contribution in [2.75, 3.05) is 13.2 Å². The summed E-state index contributed by atoms with van der Waals surface area (Å²) in [7, 11) is 1.87. The van der Waals surface area contributed by atoms with Gasteiger partial charge < -0.3 is 10.3 Å². The molecular formula is C3H10BNO. The van der Waals surface area contributed by atoms with Gasteiger partial charge in [-0.3, -0.25) is 0 Å². The summed E-state index contributed by atoms with van der Waals surface area (Å²) in [6.45, 7) is 1.21. The van der Waals surface area contributed by atoms with Crippen molar-refractivity contribution in [1.29, 1.82) is 0 Å². The molecule has 0 radical (unpaired) electrons. The molecule has 0 fully saturated rings. The van der Waals surface area contributed by atoms with Gasteiger partial charge in [0.25, 0.3) is 0 Å². The molecule has 2 N–H and O–H groups in total.